The van der Waals surface area contributed by atoms with Crippen LogP contribution in [0, 0.1) is 0 Å². The molecule has 0 aromatic carbocycles. The number of hydrogen-bond donors (Lipinski definition) is 0. The van der Waals surface area contributed by atoms with E-state index in [1.807, 2.05) is 0 Å². The summed E-state index contributed by atoms with van der Waals surface area (Å²) in [5, 5.41) is 0. The average Bonchev–Trinajstić information content (AvgIpc) is 2.60. The predicted octanol–water partition coefficient (Wildman–Crippen LogP) is 1.18. The van der Waals surface area contributed by atoms with Crippen LogP contribution in [0.4, 0.5) is 26.3 Å². The molecule has 94 valence electrons. The third-order valence-electron chi connectivity index (χ3n) is 1.59. The Kier molecular flexibility index (Phi) is 2.99. The van der Waals surface area contributed by atoms with Gasteiger partial charge < -0.3 is 0 Å². The molecule has 0 aliphatic heterocycles. The maximum atomic E-state index is 11.9. The van der Waals surface area contributed by atoms with Crippen molar-refractivity contribution in [3.8, 4) is 0 Å². The highest BCUT2D eigenvalue weighted by molar-refractivity contribution is 5.84. The monoisotopic (exact) mass is 261 g/mol. The van der Waals surface area contributed by atoms with E-state index in [-0.39, 0.29) is 15.5 Å². The molecule has 0 amide bonds. The molecule has 0 N–H and O–H groups in total. The number of halogens is 6. The summed E-state index contributed by atoms with van der Waals surface area (Å²) >= 11 is 0. The largest absolute Gasteiger partial charge is 0.495 e. The molecule has 1 heterocycles. The molecule has 0 saturated carbocycles. The molecule has 0 atom stereocenters. The molecule has 10 heteroatoms. The van der Waals surface area contributed by atoms with Gasteiger partial charge in [-0.15, -0.1) is 0 Å². The van der Waals surface area contributed by atoms with Crippen LogP contribution in [0.5, 0.6) is 0 Å². The van der Waals surface area contributed by atoms with Gasteiger partial charge in [0.05, 0.1) is 0 Å². The molecule has 0 aliphatic rings. The molecule has 0 radical (unpaired) electrons. The lowest BCUT2D eigenvalue weighted by Gasteiger charge is -2.00. The number of carbonyl (C=O) groups excluding carboxylic acids is 2. The number of nitrogens with zero attached hydrogens (tertiary/aromatic N) is 2. The molecule has 0 bridgehead atoms. The van der Waals surface area contributed by atoms with E-state index in [1.54, 1.807) is 0 Å². The fourth-order valence-corrected chi connectivity index (χ4v) is 0.888. The van der Waals surface area contributed by atoms with Crippen molar-refractivity contribution in [1.82, 2.24) is 4.57 Å². The van der Waals surface area contributed by atoms with E-state index >= 15 is 0 Å². The highest BCUT2D eigenvalue weighted by Gasteiger charge is 2.47. The standard InChI is InChI=1S/C7H3F6N2O2/c8-6(9,10)4(16)14-1-2-15(3-14)5(17)7(11,12)13/h1-3H/q+1. The molecule has 1 aromatic rings. The molecule has 1 aromatic heterocycles. The minimum Gasteiger partial charge on any atom is -0.235 e. The lowest BCUT2D eigenvalue weighted by molar-refractivity contribution is -0.585. The van der Waals surface area contributed by atoms with Crippen molar-refractivity contribution in [3.63, 3.8) is 0 Å². The summed E-state index contributed by atoms with van der Waals surface area (Å²) < 4.78 is 71.0. The maximum absolute atomic E-state index is 11.9. The normalized spacial score (nSPS) is 12.6. The molecule has 17 heavy (non-hydrogen) atoms. The third kappa shape index (κ3) is 2.82. The first-order valence-corrected chi connectivity index (χ1v) is 3.86. The van der Waals surface area contributed by atoms with Gasteiger partial charge in [-0.1, -0.05) is 0 Å². The van der Waals surface area contributed by atoms with Crippen LogP contribution in [0.25, 0.3) is 0 Å². The summed E-state index contributed by atoms with van der Waals surface area (Å²) in [7, 11) is 0. The highest BCUT2D eigenvalue weighted by atomic mass is 19.4. The molecule has 0 fully saturated rings. The Morgan fingerprint density at radius 3 is 1.94 bits per heavy atom. The minimum absolute atomic E-state index is 0.103. The summed E-state index contributed by atoms with van der Waals surface area (Å²) in [6, 6.07) is 0. The van der Waals surface area contributed by atoms with Gasteiger partial charge in [0.2, 0.25) is 0 Å². The molecule has 4 nitrogen and oxygen atoms in total. The van der Waals surface area contributed by atoms with E-state index in [2.05, 4.69) is 0 Å². The van der Waals surface area contributed by atoms with Crippen LogP contribution in [0.1, 0.15) is 9.59 Å². The third-order valence-corrected chi connectivity index (χ3v) is 1.59. The Morgan fingerprint density at radius 2 is 1.53 bits per heavy atom. The van der Waals surface area contributed by atoms with Gasteiger partial charge in [0, 0.05) is 0 Å². The number of imidazole rings is 1. The fraction of sp³-hybridized carbons (Fsp3) is 0.286. The summed E-state index contributed by atoms with van der Waals surface area (Å²) in [6.07, 6.45) is -9.57. The van der Waals surface area contributed by atoms with E-state index in [0.717, 1.165) is 0 Å². The Hall–Kier alpha value is -1.87. The Labute approximate surface area is 89.1 Å². The SMILES string of the molecule is O=C(n1cc[n+](C(=O)C(F)(F)F)c1)C(F)(F)F. The van der Waals surface area contributed by atoms with Crippen molar-refractivity contribution in [2.24, 2.45) is 0 Å². The second-order valence-corrected chi connectivity index (χ2v) is 2.83. The zero-order chi connectivity index (χ0) is 13.4. The number of hydrogen-bond acceptors (Lipinski definition) is 2. The van der Waals surface area contributed by atoms with Crippen molar-refractivity contribution in [2.45, 2.75) is 12.4 Å². The Morgan fingerprint density at radius 1 is 1.00 bits per heavy atom. The van der Waals surface area contributed by atoms with Crippen LogP contribution in [0.3, 0.4) is 0 Å². The van der Waals surface area contributed by atoms with Crippen molar-refractivity contribution < 1.29 is 40.5 Å². The van der Waals surface area contributed by atoms with E-state index in [0.29, 0.717) is 12.4 Å². The first-order valence-electron chi connectivity index (χ1n) is 3.86. The van der Waals surface area contributed by atoms with Crippen LogP contribution in [-0.2, 0) is 0 Å². The van der Waals surface area contributed by atoms with Gasteiger partial charge in [0.15, 0.2) is 0 Å². The smallest absolute Gasteiger partial charge is 0.235 e. The first kappa shape index (κ1) is 13.2. The molecule has 0 saturated heterocycles. The van der Waals surface area contributed by atoms with Gasteiger partial charge in [-0.3, -0.25) is 0 Å². The van der Waals surface area contributed by atoms with Gasteiger partial charge in [-0.2, -0.15) is 35.5 Å². The van der Waals surface area contributed by atoms with Gasteiger partial charge in [0.1, 0.15) is 12.4 Å². The molecule has 0 unspecified atom stereocenters. The fourth-order valence-electron chi connectivity index (χ4n) is 0.888. The average molecular weight is 261 g/mol. The van der Waals surface area contributed by atoms with Crippen molar-refractivity contribution in [1.29, 1.82) is 0 Å². The van der Waals surface area contributed by atoms with Crippen molar-refractivity contribution >= 4 is 11.8 Å². The lowest BCUT2D eigenvalue weighted by atomic mass is 10.6. The first-order chi connectivity index (χ1) is 7.53. The summed E-state index contributed by atoms with van der Waals surface area (Å²) in [6.45, 7) is 0. The lowest BCUT2D eigenvalue weighted by Crippen LogP contribution is -2.49. The van der Waals surface area contributed by atoms with Crippen molar-refractivity contribution in [3.05, 3.63) is 18.7 Å². The topological polar surface area (TPSA) is 43.0 Å². The van der Waals surface area contributed by atoms with E-state index in [4.69, 9.17) is 0 Å². The second-order valence-electron chi connectivity index (χ2n) is 2.83. The summed E-state index contributed by atoms with van der Waals surface area (Å²) in [5.74, 6) is -4.79. The molecule has 0 aliphatic carbocycles. The van der Waals surface area contributed by atoms with Crippen LogP contribution < -0.4 is 4.57 Å². The summed E-state index contributed by atoms with van der Waals surface area (Å²) in [5.41, 5.74) is 0. The zero-order valence-electron chi connectivity index (χ0n) is 7.71. The molecule has 0 spiro atoms. The number of carbonyl (C=O) groups is 2. The number of alkyl halides is 6. The molecular formula is C7H3F6N2O2+. The van der Waals surface area contributed by atoms with Crippen molar-refractivity contribution in [2.75, 3.05) is 0 Å². The predicted molar refractivity (Wildman–Crippen MR) is 38.0 cm³/mol. The van der Waals surface area contributed by atoms with Crippen LogP contribution in [0.2, 0.25) is 0 Å². The van der Waals surface area contributed by atoms with Crippen LogP contribution in [0.15, 0.2) is 18.7 Å². The van der Waals surface area contributed by atoms with Crippen LogP contribution >= 0.6 is 0 Å². The van der Waals surface area contributed by atoms with E-state index < -0.39 is 24.2 Å². The van der Waals surface area contributed by atoms with Gasteiger partial charge >= 0.3 is 24.2 Å². The Balaban J connectivity index is 3.02. The Bertz CT molecular complexity index is 417. The second kappa shape index (κ2) is 3.86. The quantitative estimate of drug-likeness (QED) is 0.520. The minimum atomic E-state index is -5.24. The van der Waals surface area contributed by atoms with E-state index in [9.17, 15) is 35.9 Å². The summed E-state index contributed by atoms with van der Waals surface area (Å²) in [4.78, 5) is 21.2. The van der Waals surface area contributed by atoms with Gasteiger partial charge in [0.25, 0.3) is 6.33 Å². The maximum Gasteiger partial charge on any atom is 0.495 e. The van der Waals surface area contributed by atoms with Crippen LogP contribution in [-0.4, -0.2) is 28.7 Å². The highest BCUT2D eigenvalue weighted by Crippen LogP contribution is 2.17. The van der Waals surface area contributed by atoms with Gasteiger partial charge in [-0.05, 0) is 0 Å². The van der Waals surface area contributed by atoms with E-state index in [1.165, 1.54) is 0 Å². The molecular weight excluding hydrogens is 258 g/mol. The molecule has 1 rings (SSSR count). The number of aromatic nitrogens is 2. The zero-order valence-corrected chi connectivity index (χ0v) is 7.71. The number of rotatable bonds is 0. The van der Waals surface area contributed by atoms with Gasteiger partial charge in [-0.25, -0.2) is 9.59 Å².